The van der Waals surface area contributed by atoms with Gasteiger partial charge in [-0.15, -0.1) is 0 Å². The maximum absolute atomic E-state index is 12.4. The summed E-state index contributed by atoms with van der Waals surface area (Å²) in [6.07, 6.45) is 2.72. The highest BCUT2D eigenvalue weighted by Gasteiger charge is 2.26. The van der Waals surface area contributed by atoms with Crippen LogP contribution in [-0.4, -0.2) is 61.4 Å². The number of piperidine rings is 1. The summed E-state index contributed by atoms with van der Waals surface area (Å²) in [5.41, 5.74) is 0.878. The van der Waals surface area contributed by atoms with Gasteiger partial charge in [-0.3, -0.25) is 9.69 Å². The quantitative estimate of drug-likeness (QED) is 0.658. The van der Waals surface area contributed by atoms with E-state index < -0.39 is 0 Å². The normalized spacial score (nSPS) is 17.4. The highest BCUT2D eigenvalue weighted by Crippen LogP contribution is 2.22. The van der Waals surface area contributed by atoms with Gasteiger partial charge in [-0.05, 0) is 50.1 Å². The van der Waals surface area contributed by atoms with E-state index in [-0.39, 0.29) is 11.8 Å². The van der Waals surface area contributed by atoms with Crippen molar-refractivity contribution >= 4 is 5.91 Å². The highest BCUT2D eigenvalue weighted by molar-refractivity contribution is 5.78. The Bertz CT molecular complexity index is 747. The number of benzene rings is 1. The minimum atomic E-state index is 0.000255. The number of carbonyl (C=O) groups is 1. The van der Waals surface area contributed by atoms with E-state index in [0.717, 1.165) is 37.1 Å². The molecule has 1 N–H and O–H groups in total. The maximum Gasteiger partial charge on any atom is 0.241 e. The second-order valence-electron chi connectivity index (χ2n) is 6.95. The first-order valence-corrected chi connectivity index (χ1v) is 9.65. The van der Waals surface area contributed by atoms with Crippen molar-refractivity contribution in [2.45, 2.75) is 25.8 Å². The molecule has 2 aromatic rings. The molecule has 1 aromatic carbocycles. The molecule has 152 valence electrons. The summed E-state index contributed by atoms with van der Waals surface area (Å²) in [6, 6.07) is 7.54. The van der Waals surface area contributed by atoms with E-state index in [2.05, 4.69) is 20.4 Å². The Balaban J connectivity index is 1.52. The molecule has 28 heavy (non-hydrogen) atoms. The van der Waals surface area contributed by atoms with Gasteiger partial charge in [-0.25, -0.2) is 0 Å². The Labute approximate surface area is 165 Å². The lowest BCUT2D eigenvalue weighted by Crippen LogP contribution is -2.43. The number of carbonyl (C=O) groups excluding carboxylic acids is 1. The summed E-state index contributed by atoms with van der Waals surface area (Å²) in [5.74, 6) is 2.02. The molecule has 1 saturated heterocycles. The van der Waals surface area contributed by atoms with Gasteiger partial charge in [-0.2, -0.15) is 4.98 Å². The van der Waals surface area contributed by atoms with Gasteiger partial charge in [0.15, 0.2) is 0 Å². The van der Waals surface area contributed by atoms with Crippen LogP contribution in [-0.2, 0) is 16.1 Å². The average molecular weight is 388 g/mol. The van der Waals surface area contributed by atoms with Crippen molar-refractivity contribution in [3.63, 3.8) is 0 Å². The van der Waals surface area contributed by atoms with Crippen molar-refractivity contribution in [3.8, 4) is 17.1 Å². The molecule has 1 atom stereocenters. The van der Waals surface area contributed by atoms with Gasteiger partial charge in [0.2, 0.25) is 17.6 Å². The third-order valence-corrected chi connectivity index (χ3v) is 4.88. The van der Waals surface area contributed by atoms with Crippen LogP contribution in [0.1, 0.15) is 25.2 Å². The van der Waals surface area contributed by atoms with Crippen molar-refractivity contribution < 1.29 is 18.8 Å². The Hall–Kier alpha value is -2.45. The zero-order valence-electron chi connectivity index (χ0n) is 16.5. The van der Waals surface area contributed by atoms with Gasteiger partial charge < -0.3 is 19.3 Å². The van der Waals surface area contributed by atoms with Gasteiger partial charge in [0.25, 0.3) is 0 Å². The molecule has 1 unspecified atom stereocenters. The molecule has 1 aliphatic rings. The number of aromatic nitrogens is 2. The zero-order chi connectivity index (χ0) is 19.8. The van der Waals surface area contributed by atoms with Gasteiger partial charge in [0.1, 0.15) is 5.75 Å². The van der Waals surface area contributed by atoms with Crippen LogP contribution in [0.3, 0.4) is 0 Å². The Kier molecular flexibility index (Phi) is 7.39. The standard InChI is InChI=1S/C20H28N4O4/c1-26-12-4-10-21-20(25)16-5-3-11-24(13-16)14-18-22-19(23-28-18)15-6-8-17(27-2)9-7-15/h6-9,16H,3-5,10-14H2,1-2H3,(H,21,25). The molecular weight excluding hydrogens is 360 g/mol. The lowest BCUT2D eigenvalue weighted by atomic mass is 9.97. The number of ether oxygens (including phenoxy) is 2. The van der Waals surface area contributed by atoms with Crippen LogP contribution >= 0.6 is 0 Å². The summed E-state index contributed by atoms with van der Waals surface area (Å²) in [4.78, 5) is 19.1. The first-order valence-electron chi connectivity index (χ1n) is 9.65. The Morgan fingerprint density at radius 3 is 2.89 bits per heavy atom. The molecule has 1 fully saturated rings. The number of nitrogens with one attached hydrogen (secondary N) is 1. The molecule has 8 nitrogen and oxygen atoms in total. The minimum absolute atomic E-state index is 0.000255. The second kappa shape index (κ2) is 10.2. The van der Waals surface area contributed by atoms with Crippen LogP contribution in [0, 0.1) is 5.92 Å². The molecule has 3 rings (SSSR count). The van der Waals surface area contributed by atoms with Crippen molar-refractivity contribution in [2.75, 3.05) is 40.5 Å². The first-order chi connectivity index (χ1) is 13.7. The Morgan fingerprint density at radius 1 is 1.32 bits per heavy atom. The topological polar surface area (TPSA) is 89.7 Å². The average Bonchev–Trinajstić information content (AvgIpc) is 3.20. The number of likely N-dealkylation sites (tertiary alicyclic amines) is 1. The first kappa shape index (κ1) is 20.3. The highest BCUT2D eigenvalue weighted by atomic mass is 16.5. The molecule has 1 aliphatic heterocycles. The minimum Gasteiger partial charge on any atom is -0.497 e. The lowest BCUT2D eigenvalue weighted by Gasteiger charge is -2.30. The van der Waals surface area contributed by atoms with Crippen molar-refractivity contribution in [2.24, 2.45) is 5.92 Å². The smallest absolute Gasteiger partial charge is 0.241 e. The van der Waals surface area contributed by atoms with E-state index in [0.29, 0.717) is 38.0 Å². The summed E-state index contributed by atoms with van der Waals surface area (Å²) in [7, 11) is 3.30. The van der Waals surface area contributed by atoms with Gasteiger partial charge in [0.05, 0.1) is 19.6 Å². The van der Waals surface area contributed by atoms with Crippen LogP contribution < -0.4 is 10.1 Å². The summed E-state index contributed by atoms with van der Waals surface area (Å²) in [6.45, 7) is 3.49. The number of nitrogens with zero attached hydrogens (tertiary/aromatic N) is 3. The van der Waals surface area contributed by atoms with Gasteiger partial charge in [-0.1, -0.05) is 5.16 Å². The SMILES string of the molecule is COCCCNC(=O)C1CCCN(Cc2nc(-c3ccc(OC)cc3)no2)C1. The number of hydrogen-bond acceptors (Lipinski definition) is 7. The molecule has 8 heteroatoms. The number of methoxy groups -OCH3 is 2. The third-order valence-electron chi connectivity index (χ3n) is 4.88. The molecule has 0 radical (unpaired) electrons. The molecule has 0 saturated carbocycles. The third kappa shape index (κ3) is 5.53. The van der Waals surface area contributed by atoms with Crippen LogP contribution in [0.15, 0.2) is 28.8 Å². The second-order valence-corrected chi connectivity index (χ2v) is 6.95. The van der Waals surface area contributed by atoms with E-state index >= 15 is 0 Å². The summed E-state index contributed by atoms with van der Waals surface area (Å²) >= 11 is 0. The van der Waals surface area contributed by atoms with E-state index in [1.165, 1.54) is 0 Å². The van der Waals surface area contributed by atoms with Crippen LogP contribution in [0.5, 0.6) is 5.75 Å². The van der Waals surface area contributed by atoms with Gasteiger partial charge >= 0.3 is 0 Å². The van der Waals surface area contributed by atoms with E-state index in [4.69, 9.17) is 14.0 Å². The molecule has 2 heterocycles. The van der Waals surface area contributed by atoms with E-state index in [1.54, 1.807) is 14.2 Å². The maximum atomic E-state index is 12.4. The van der Waals surface area contributed by atoms with Crippen LogP contribution in [0.4, 0.5) is 0 Å². The Morgan fingerprint density at radius 2 is 2.14 bits per heavy atom. The molecule has 1 aromatic heterocycles. The van der Waals surface area contributed by atoms with E-state index in [1.807, 2.05) is 24.3 Å². The van der Waals surface area contributed by atoms with Crippen molar-refractivity contribution in [1.82, 2.24) is 20.4 Å². The fraction of sp³-hybridized carbons (Fsp3) is 0.550. The fourth-order valence-electron chi connectivity index (χ4n) is 3.35. The molecular formula is C20H28N4O4. The predicted molar refractivity (Wildman–Crippen MR) is 104 cm³/mol. The summed E-state index contributed by atoms with van der Waals surface area (Å²) < 4.78 is 15.6. The van der Waals surface area contributed by atoms with Crippen molar-refractivity contribution in [3.05, 3.63) is 30.2 Å². The van der Waals surface area contributed by atoms with E-state index in [9.17, 15) is 4.79 Å². The fourth-order valence-corrected chi connectivity index (χ4v) is 3.35. The predicted octanol–water partition coefficient (Wildman–Crippen LogP) is 2.11. The van der Waals surface area contributed by atoms with Gasteiger partial charge in [0, 0.05) is 32.4 Å². The summed E-state index contributed by atoms with van der Waals surface area (Å²) in [5, 5.41) is 7.07. The number of hydrogen-bond donors (Lipinski definition) is 1. The molecule has 0 spiro atoms. The van der Waals surface area contributed by atoms with Crippen LogP contribution in [0.25, 0.3) is 11.4 Å². The number of rotatable bonds is 9. The lowest BCUT2D eigenvalue weighted by molar-refractivity contribution is -0.126. The molecule has 0 aliphatic carbocycles. The van der Waals surface area contributed by atoms with Crippen LogP contribution in [0.2, 0.25) is 0 Å². The largest absolute Gasteiger partial charge is 0.497 e. The molecule has 1 amide bonds. The zero-order valence-corrected chi connectivity index (χ0v) is 16.5. The molecule has 0 bridgehead atoms. The van der Waals surface area contributed by atoms with Crippen molar-refractivity contribution in [1.29, 1.82) is 0 Å². The monoisotopic (exact) mass is 388 g/mol. The number of amides is 1.